The molecule has 0 aromatic carbocycles. The summed E-state index contributed by atoms with van der Waals surface area (Å²) in [5.41, 5.74) is 0. The van der Waals surface area contributed by atoms with E-state index in [2.05, 4.69) is 12.2 Å². The van der Waals surface area contributed by atoms with E-state index in [9.17, 15) is 0 Å². The van der Waals surface area contributed by atoms with Gasteiger partial charge in [0, 0.05) is 13.2 Å². The number of hydrogen-bond acceptors (Lipinski definition) is 2. The van der Waals surface area contributed by atoms with Gasteiger partial charge in [0.1, 0.15) is 0 Å². The lowest BCUT2D eigenvalue weighted by Gasteiger charge is -2.10. The van der Waals surface area contributed by atoms with Crippen molar-refractivity contribution in [1.82, 2.24) is 5.32 Å². The summed E-state index contributed by atoms with van der Waals surface area (Å²) in [6, 6.07) is 0. The first kappa shape index (κ1) is 11.0. The molecule has 1 fully saturated rings. The summed E-state index contributed by atoms with van der Waals surface area (Å²) >= 11 is 0. The maximum atomic E-state index is 5.26. The molecule has 0 amide bonds. The Bertz CT molecular complexity index is 123. The van der Waals surface area contributed by atoms with Crippen LogP contribution in [0.5, 0.6) is 0 Å². The highest BCUT2D eigenvalue weighted by Crippen LogP contribution is 2.35. The Kier molecular flexibility index (Phi) is 5.40. The van der Waals surface area contributed by atoms with E-state index in [0.717, 1.165) is 38.0 Å². The van der Waals surface area contributed by atoms with Crippen molar-refractivity contribution in [2.75, 3.05) is 26.3 Å². The number of hydrogen-bond donors (Lipinski definition) is 1. The third kappa shape index (κ3) is 5.27. The standard InChI is InChI=1S/C11H23NO/c1-3-13-8-4-7-12-9-10(2)11-5-6-11/h10-12H,3-9H2,1-2H3. The molecule has 1 aliphatic rings. The molecule has 13 heavy (non-hydrogen) atoms. The average molecular weight is 185 g/mol. The highest BCUT2D eigenvalue weighted by Gasteiger charge is 2.27. The van der Waals surface area contributed by atoms with Crippen LogP contribution in [-0.4, -0.2) is 26.3 Å². The Morgan fingerprint density at radius 3 is 2.85 bits per heavy atom. The van der Waals surface area contributed by atoms with E-state index in [1.165, 1.54) is 19.4 Å². The predicted molar refractivity (Wildman–Crippen MR) is 55.9 cm³/mol. The Morgan fingerprint density at radius 2 is 2.23 bits per heavy atom. The fraction of sp³-hybridized carbons (Fsp3) is 1.00. The minimum atomic E-state index is 0.846. The quantitative estimate of drug-likeness (QED) is 0.584. The van der Waals surface area contributed by atoms with E-state index in [4.69, 9.17) is 4.74 Å². The second-order valence-corrected chi connectivity index (χ2v) is 4.07. The van der Waals surface area contributed by atoms with Crippen molar-refractivity contribution in [3.05, 3.63) is 0 Å². The molecule has 0 aromatic heterocycles. The monoisotopic (exact) mass is 185 g/mol. The summed E-state index contributed by atoms with van der Waals surface area (Å²) in [6.45, 7) is 8.45. The largest absolute Gasteiger partial charge is 0.382 e. The second kappa shape index (κ2) is 6.39. The fourth-order valence-electron chi connectivity index (χ4n) is 1.61. The first-order chi connectivity index (χ1) is 6.34. The van der Waals surface area contributed by atoms with Crippen molar-refractivity contribution in [1.29, 1.82) is 0 Å². The minimum absolute atomic E-state index is 0.846. The molecule has 1 N–H and O–H groups in total. The van der Waals surface area contributed by atoms with Crippen LogP contribution >= 0.6 is 0 Å². The summed E-state index contributed by atoms with van der Waals surface area (Å²) in [5, 5.41) is 3.49. The van der Waals surface area contributed by atoms with Crippen molar-refractivity contribution in [3.63, 3.8) is 0 Å². The summed E-state index contributed by atoms with van der Waals surface area (Å²) < 4.78 is 5.26. The van der Waals surface area contributed by atoms with Gasteiger partial charge in [0.05, 0.1) is 0 Å². The lowest BCUT2D eigenvalue weighted by molar-refractivity contribution is 0.144. The van der Waals surface area contributed by atoms with Crippen LogP contribution in [-0.2, 0) is 4.74 Å². The highest BCUT2D eigenvalue weighted by molar-refractivity contribution is 4.79. The van der Waals surface area contributed by atoms with Gasteiger partial charge in [0.2, 0.25) is 0 Å². The Morgan fingerprint density at radius 1 is 1.46 bits per heavy atom. The number of nitrogens with one attached hydrogen (secondary N) is 1. The molecule has 0 radical (unpaired) electrons. The molecule has 1 aliphatic carbocycles. The molecule has 2 heteroatoms. The summed E-state index contributed by atoms with van der Waals surface area (Å²) in [7, 11) is 0. The van der Waals surface area contributed by atoms with E-state index in [1.807, 2.05) is 6.92 Å². The van der Waals surface area contributed by atoms with Crippen LogP contribution < -0.4 is 5.32 Å². The molecule has 78 valence electrons. The maximum Gasteiger partial charge on any atom is 0.0477 e. The van der Waals surface area contributed by atoms with Gasteiger partial charge in [-0.15, -0.1) is 0 Å². The highest BCUT2D eigenvalue weighted by atomic mass is 16.5. The molecule has 0 heterocycles. The first-order valence-electron chi connectivity index (χ1n) is 5.63. The summed E-state index contributed by atoms with van der Waals surface area (Å²) in [4.78, 5) is 0. The molecule has 2 nitrogen and oxygen atoms in total. The third-order valence-electron chi connectivity index (χ3n) is 2.74. The Balaban J connectivity index is 1.77. The van der Waals surface area contributed by atoms with Crippen molar-refractivity contribution < 1.29 is 4.74 Å². The first-order valence-corrected chi connectivity index (χ1v) is 5.63. The van der Waals surface area contributed by atoms with Gasteiger partial charge in [0.25, 0.3) is 0 Å². The van der Waals surface area contributed by atoms with Gasteiger partial charge in [-0.1, -0.05) is 6.92 Å². The van der Waals surface area contributed by atoms with E-state index in [0.29, 0.717) is 0 Å². The minimum Gasteiger partial charge on any atom is -0.382 e. The molecule has 0 aliphatic heterocycles. The van der Waals surface area contributed by atoms with Crippen LogP contribution in [0.25, 0.3) is 0 Å². The van der Waals surface area contributed by atoms with Crippen LogP contribution in [0.4, 0.5) is 0 Å². The molecule has 1 rings (SSSR count). The molecule has 0 aromatic rings. The lowest BCUT2D eigenvalue weighted by atomic mass is 10.1. The lowest BCUT2D eigenvalue weighted by Crippen LogP contribution is -2.24. The molecule has 1 unspecified atom stereocenters. The normalized spacial score (nSPS) is 18.9. The molecule has 1 saturated carbocycles. The Labute approximate surface area is 82.0 Å². The van der Waals surface area contributed by atoms with Crippen LogP contribution in [0, 0.1) is 11.8 Å². The van der Waals surface area contributed by atoms with Crippen LogP contribution in [0.2, 0.25) is 0 Å². The van der Waals surface area contributed by atoms with Crippen LogP contribution in [0.15, 0.2) is 0 Å². The topological polar surface area (TPSA) is 21.3 Å². The molecular weight excluding hydrogens is 162 g/mol. The van der Waals surface area contributed by atoms with Gasteiger partial charge in [-0.2, -0.15) is 0 Å². The van der Waals surface area contributed by atoms with Crippen molar-refractivity contribution in [3.8, 4) is 0 Å². The van der Waals surface area contributed by atoms with Crippen LogP contribution in [0.1, 0.15) is 33.1 Å². The van der Waals surface area contributed by atoms with E-state index < -0.39 is 0 Å². The summed E-state index contributed by atoms with van der Waals surface area (Å²) in [6.07, 6.45) is 4.06. The number of rotatable bonds is 8. The third-order valence-corrected chi connectivity index (χ3v) is 2.74. The zero-order valence-corrected chi connectivity index (χ0v) is 9.01. The van der Waals surface area contributed by atoms with Crippen molar-refractivity contribution in [2.45, 2.75) is 33.1 Å². The zero-order chi connectivity index (χ0) is 9.52. The van der Waals surface area contributed by atoms with Crippen molar-refractivity contribution in [2.24, 2.45) is 11.8 Å². The average Bonchev–Trinajstić information content (AvgIpc) is 2.93. The van der Waals surface area contributed by atoms with Crippen LogP contribution in [0.3, 0.4) is 0 Å². The van der Waals surface area contributed by atoms with Crippen molar-refractivity contribution >= 4 is 0 Å². The smallest absolute Gasteiger partial charge is 0.0477 e. The molecule has 0 bridgehead atoms. The number of ether oxygens (including phenoxy) is 1. The molecular formula is C11H23NO. The van der Waals surface area contributed by atoms with Gasteiger partial charge in [-0.25, -0.2) is 0 Å². The maximum absolute atomic E-state index is 5.26. The Hall–Kier alpha value is -0.0800. The summed E-state index contributed by atoms with van der Waals surface area (Å²) in [5.74, 6) is 1.91. The van der Waals surface area contributed by atoms with Gasteiger partial charge in [-0.3, -0.25) is 0 Å². The van der Waals surface area contributed by atoms with E-state index in [-0.39, 0.29) is 0 Å². The fourth-order valence-corrected chi connectivity index (χ4v) is 1.61. The molecule has 1 atom stereocenters. The second-order valence-electron chi connectivity index (χ2n) is 4.07. The van der Waals surface area contributed by atoms with E-state index >= 15 is 0 Å². The van der Waals surface area contributed by atoms with Gasteiger partial charge in [0.15, 0.2) is 0 Å². The van der Waals surface area contributed by atoms with Gasteiger partial charge < -0.3 is 10.1 Å². The zero-order valence-electron chi connectivity index (χ0n) is 9.01. The SMILES string of the molecule is CCOCCCNCC(C)C1CC1. The van der Waals surface area contributed by atoms with E-state index in [1.54, 1.807) is 0 Å². The predicted octanol–water partition coefficient (Wildman–Crippen LogP) is 2.05. The molecule has 0 spiro atoms. The van der Waals surface area contributed by atoms with Gasteiger partial charge in [-0.05, 0) is 51.1 Å². The molecule has 0 saturated heterocycles. The van der Waals surface area contributed by atoms with Gasteiger partial charge >= 0.3 is 0 Å².